The Kier molecular flexibility index (Phi) is 4.61. The minimum absolute atomic E-state index is 0.115. The highest BCUT2D eigenvalue weighted by Gasteiger charge is 2.16. The normalized spacial score (nSPS) is 11.5. The summed E-state index contributed by atoms with van der Waals surface area (Å²) in [6, 6.07) is 15.5. The molecule has 2 aromatic carbocycles. The van der Waals surface area contributed by atoms with E-state index in [0.717, 1.165) is 27.7 Å². The molecule has 0 spiro atoms. The third-order valence-corrected chi connectivity index (χ3v) is 4.19. The van der Waals surface area contributed by atoms with Gasteiger partial charge in [0.15, 0.2) is 0 Å². The van der Waals surface area contributed by atoms with E-state index < -0.39 is 0 Å². The van der Waals surface area contributed by atoms with Gasteiger partial charge in [0.05, 0.1) is 16.1 Å². The number of benzene rings is 2. The van der Waals surface area contributed by atoms with Gasteiger partial charge in [-0.15, -0.1) is 0 Å². The second kappa shape index (κ2) is 6.85. The van der Waals surface area contributed by atoms with Crippen LogP contribution in [0, 0.1) is 17.0 Å². The van der Waals surface area contributed by atoms with Crippen molar-refractivity contribution in [3.63, 3.8) is 0 Å². The van der Waals surface area contributed by atoms with Gasteiger partial charge < -0.3 is 0 Å². The molecule has 0 unspecified atom stereocenters. The molecule has 0 atom stereocenters. The van der Waals surface area contributed by atoms with Gasteiger partial charge in [0.25, 0.3) is 5.69 Å². The van der Waals surface area contributed by atoms with E-state index in [9.17, 15) is 10.1 Å². The number of nitro benzene ring substituents is 1. The average molecular weight is 332 g/mol. The predicted molar refractivity (Wildman–Crippen MR) is 103 cm³/mol. The summed E-state index contributed by atoms with van der Waals surface area (Å²) in [5.41, 5.74) is 4.68. The molecule has 4 heteroatoms. The molecule has 0 aliphatic rings. The summed E-state index contributed by atoms with van der Waals surface area (Å²) in [6.45, 7) is 5.97. The van der Waals surface area contributed by atoms with E-state index in [1.807, 2.05) is 62.4 Å². The first-order valence-corrected chi connectivity index (χ1v) is 8.28. The highest BCUT2D eigenvalue weighted by atomic mass is 16.6. The van der Waals surface area contributed by atoms with Crippen LogP contribution in [-0.4, -0.2) is 9.91 Å². The lowest BCUT2D eigenvalue weighted by Crippen LogP contribution is -1.97. The second-order valence-corrected chi connectivity index (χ2v) is 6.50. The molecule has 1 heterocycles. The minimum atomic E-state index is -0.316. The van der Waals surface area contributed by atoms with Crippen molar-refractivity contribution in [2.45, 2.75) is 26.7 Å². The van der Waals surface area contributed by atoms with Crippen molar-refractivity contribution in [3.8, 4) is 0 Å². The molecule has 126 valence electrons. The highest BCUT2D eigenvalue weighted by Crippen LogP contribution is 2.28. The van der Waals surface area contributed by atoms with Crippen molar-refractivity contribution < 1.29 is 4.92 Å². The maximum atomic E-state index is 11.3. The number of fused-ring (bicyclic) bond motifs is 1. The molecule has 1 aromatic heterocycles. The molecule has 3 rings (SSSR count). The average Bonchev–Trinajstić information content (AvgIpc) is 2.59. The third-order valence-electron chi connectivity index (χ3n) is 4.19. The van der Waals surface area contributed by atoms with Gasteiger partial charge in [0.2, 0.25) is 0 Å². The lowest BCUT2D eigenvalue weighted by atomic mass is 9.99. The van der Waals surface area contributed by atoms with Crippen LogP contribution >= 0.6 is 0 Å². The molecule has 0 amide bonds. The van der Waals surface area contributed by atoms with Crippen LogP contribution in [0.15, 0.2) is 48.5 Å². The van der Waals surface area contributed by atoms with Crippen LogP contribution in [0.4, 0.5) is 5.69 Å². The Balaban J connectivity index is 1.92. The second-order valence-electron chi connectivity index (χ2n) is 6.50. The van der Waals surface area contributed by atoms with Crippen molar-refractivity contribution >= 4 is 28.7 Å². The summed E-state index contributed by atoms with van der Waals surface area (Å²) in [7, 11) is 0. The predicted octanol–water partition coefficient (Wildman–Crippen LogP) is 5.75. The molecule has 4 nitrogen and oxygen atoms in total. The molecular formula is C21H20N2O2. The zero-order chi connectivity index (χ0) is 18.0. The maximum Gasteiger partial charge on any atom is 0.273 e. The summed E-state index contributed by atoms with van der Waals surface area (Å²) in [5, 5.41) is 12.4. The lowest BCUT2D eigenvalue weighted by Gasteiger charge is -2.07. The van der Waals surface area contributed by atoms with Crippen molar-refractivity contribution in [1.82, 2.24) is 4.98 Å². The monoisotopic (exact) mass is 332 g/mol. The standard InChI is InChI=1S/C21H20N2O2/c1-14(2)19-10-6-16(13-21(19)23(24)25)5-8-18-9-7-17-12-15(3)4-11-20(17)22-18/h4-14H,1-3H3/b8-5+. The van der Waals surface area contributed by atoms with Crippen LogP contribution in [0.1, 0.15) is 42.1 Å². The number of aromatic nitrogens is 1. The number of nitrogens with zero attached hydrogens (tertiary/aromatic N) is 2. The Morgan fingerprint density at radius 3 is 2.56 bits per heavy atom. The van der Waals surface area contributed by atoms with Gasteiger partial charge in [0.1, 0.15) is 0 Å². The van der Waals surface area contributed by atoms with Crippen molar-refractivity contribution in [1.29, 1.82) is 0 Å². The number of nitro groups is 1. The topological polar surface area (TPSA) is 56.0 Å². The van der Waals surface area contributed by atoms with Gasteiger partial charge in [-0.3, -0.25) is 10.1 Å². The Morgan fingerprint density at radius 1 is 1.04 bits per heavy atom. The Hall–Kier alpha value is -3.01. The summed E-state index contributed by atoms with van der Waals surface area (Å²) >= 11 is 0. The van der Waals surface area contributed by atoms with Crippen LogP contribution in [0.3, 0.4) is 0 Å². The van der Waals surface area contributed by atoms with E-state index in [-0.39, 0.29) is 16.5 Å². The van der Waals surface area contributed by atoms with Crippen molar-refractivity contribution in [2.75, 3.05) is 0 Å². The molecular weight excluding hydrogens is 312 g/mol. The zero-order valence-electron chi connectivity index (χ0n) is 14.6. The van der Waals surface area contributed by atoms with Crippen molar-refractivity contribution in [3.05, 3.63) is 81.0 Å². The van der Waals surface area contributed by atoms with Gasteiger partial charge in [-0.2, -0.15) is 0 Å². The van der Waals surface area contributed by atoms with Gasteiger partial charge >= 0.3 is 0 Å². The zero-order valence-corrected chi connectivity index (χ0v) is 14.6. The molecule has 3 aromatic rings. The number of hydrogen-bond acceptors (Lipinski definition) is 3. The largest absolute Gasteiger partial charge is 0.273 e. The molecule has 0 saturated carbocycles. The van der Waals surface area contributed by atoms with Crippen LogP contribution in [0.5, 0.6) is 0 Å². The van der Waals surface area contributed by atoms with Gasteiger partial charge in [-0.1, -0.05) is 49.8 Å². The molecule has 0 aliphatic heterocycles. The first kappa shape index (κ1) is 16.8. The summed E-state index contributed by atoms with van der Waals surface area (Å²) in [5.74, 6) is 0.115. The fourth-order valence-corrected chi connectivity index (χ4v) is 2.85. The minimum Gasteiger partial charge on any atom is -0.258 e. The van der Waals surface area contributed by atoms with Crippen LogP contribution in [-0.2, 0) is 0 Å². The summed E-state index contributed by atoms with van der Waals surface area (Å²) in [6.07, 6.45) is 3.74. The summed E-state index contributed by atoms with van der Waals surface area (Å²) < 4.78 is 0. The Labute approximate surface area is 147 Å². The van der Waals surface area contributed by atoms with Gasteiger partial charge in [-0.25, -0.2) is 4.98 Å². The molecule has 0 aliphatic carbocycles. The van der Waals surface area contributed by atoms with Crippen LogP contribution in [0.25, 0.3) is 23.1 Å². The fourth-order valence-electron chi connectivity index (χ4n) is 2.85. The highest BCUT2D eigenvalue weighted by molar-refractivity contribution is 5.81. The quantitative estimate of drug-likeness (QED) is 0.452. The van der Waals surface area contributed by atoms with Gasteiger partial charge in [-0.05, 0) is 42.7 Å². The molecule has 0 N–H and O–H groups in total. The van der Waals surface area contributed by atoms with Crippen LogP contribution < -0.4 is 0 Å². The first-order chi connectivity index (χ1) is 11.9. The SMILES string of the molecule is Cc1ccc2nc(/C=C/c3ccc(C(C)C)c([N+](=O)[O-])c3)ccc2c1. The first-order valence-electron chi connectivity index (χ1n) is 8.28. The van der Waals surface area contributed by atoms with E-state index in [1.165, 1.54) is 5.56 Å². The van der Waals surface area contributed by atoms with E-state index in [1.54, 1.807) is 6.07 Å². The summed E-state index contributed by atoms with van der Waals surface area (Å²) in [4.78, 5) is 15.6. The molecule has 0 radical (unpaired) electrons. The van der Waals surface area contributed by atoms with Crippen LogP contribution in [0.2, 0.25) is 0 Å². The number of aryl methyl sites for hydroxylation is 1. The Morgan fingerprint density at radius 2 is 1.84 bits per heavy atom. The Bertz CT molecular complexity index is 975. The van der Waals surface area contributed by atoms with Crippen molar-refractivity contribution in [2.24, 2.45) is 0 Å². The van der Waals surface area contributed by atoms with E-state index >= 15 is 0 Å². The number of pyridine rings is 1. The van der Waals surface area contributed by atoms with E-state index in [4.69, 9.17) is 0 Å². The maximum absolute atomic E-state index is 11.3. The van der Waals surface area contributed by atoms with Gasteiger partial charge in [0, 0.05) is 17.0 Å². The molecule has 0 bridgehead atoms. The molecule has 0 saturated heterocycles. The molecule has 25 heavy (non-hydrogen) atoms. The fraction of sp³-hybridized carbons (Fsp3) is 0.190. The van der Waals surface area contributed by atoms with E-state index in [0.29, 0.717) is 0 Å². The van der Waals surface area contributed by atoms with E-state index in [2.05, 4.69) is 18.0 Å². The molecule has 0 fully saturated rings. The number of hydrogen-bond donors (Lipinski definition) is 0. The lowest BCUT2D eigenvalue weighted by molar-refractivity contribution is -0.385. The smallest absolute Gasteiger partial charge is 0.258 e. The number of rotatable bonds is 4. The third kappa shape index (κ3) is 3.74.